The van der Waals surface area contributed by atoms with Gasteiger partial charge < -0.3 is 20.4 Å². The lowest BCUT2D eigenvalue weighted by Gasteiger charge is -2.32. The van der Waals surface area contributed by atoms with E-state index in [1.165, 1.54) is 16.5 Å². The van der Waals surface area contributed by atoms with Gasteiger partial charge >= 0.3 is 0 Å². The maximum absolute atomic E-state index is 4.68. The van der Waals surface area contributed by atoms with Gasteiger partial charge in [0.15, 0.2) is 0 Å². The molecule has 0 saturated carbocycles. The average molecular weight is 297 g/mol. The first-order valence-corrected chi connectivity index (χ1v) is 8.22. The average Bonchev–Trinajstić information content (AvgIpc) is 2.62. The van der Waals surface area contributed by atoms with Crippen molar-refractivity contribution < 1.29 is 0 Å². The van der Waals surface area contributed by atoms with Crippen molar-refractivity contribution in [3.8, 4) is 0 Å². The fourth-order valence-corrected chi connectivity index (χ4v) is 3.49. The molecule has 2 N–H and O–H groups in total. The Hall–Kier alpha value is -1.85. The highest BCUT2D eigenvalue weighted by Crippen LogP contribution is 2.32. The van der Waals surface area contributed by atoms with E-state index in [9.17, 15) is 0 Å². The molecule has 4 rings (SSSR count). The maximum atomic E-state index is 4.68. The smallest absolute Gasteiger partial charge is 0.136 e. The van der Waals surface area contributed by atoms with Gasteiger partial charge in [-0.15, -0.1) is 0 Å². The monoisotopic (exact) mass is 297 g/mol. The Labute approximate surface area is 131 Å². The predicted octanol–water partition coefficient (Wildman–Crippen LogP) is 1.05. The second-order valence-corrected chi connectivity index (χ2v) is 5.98. The van der Waals surface area contributed by atoms with Crippen molar-refractivity contribution in [1.82, 2.24) is 15.6 Å². The fraction of sp³-hybridized carbons (Fsp3) is 0.471. The molecule has 5 nitrogen and oxygen atoms in total. The molecule has 2 saturated heterocycles. The van der Waals surface area contributed by atoms with Crippen molar-refractivity contribution in [1.29, 1.82) is 0 Å². The van der Waals surface area contributed by atoms with Crippen LogP contribution >= 0.6 is 0 Å². The van der Waals surface area contributed by atoms with Crippen LogP contribution in [0.4, 0.5) is 11.5 Å². The topological polar surface area (TPSA) is 43.4 Å². The molecular weight excluding hydrogens is 274 g/mol. The van der Waals surface area contributed by atoms with Crippen LogP contribution in [0.25, 0.3) is 10.8 Å². The van der Waals surface area contributed by atoms with E-state index in [-0.39, 0.29) is 0 Å². The summed E-state index contributed by atoms with van der Waals surface area (Å²) in [4.78, 5) is 9.57. The zero-order valence-electron chi connectivity index (χ0n) is 12.9. The van der Waals surface area contributed by atoms with Crippen molar-refractivity contribution in [2.75, 3.05) is 62.2 Å². The van der Waals surface area contributed by atoms with Gasteiger partial charge in [0.2, 0.25) is 0 Å². The Morgan fingerprint density at radius 3 is 2.18 bits per heavy atom. The quantitative estimate of drug-likeness (QED) is 0.867. The number of anilines is 2. The Balaban J connectivity index is 1.76. The number of piperazine rings is 2. The van der Waals surface area contributed by atoms with E-state index in [0.717, 1.165) is 58.2 Å². The predicted molar refractivity (Wildman–Crippen MR) is 91.9 cm³/mol. The van der Waals surface area contributed by atoms with Gasteiger partial charge in [0, 0.05) is 75.0 Å². The van der Waals surface area contributed by atoms with Crippen LogP contribution < -0.4 is 20.4 Å². The summed E-state index contributed by atoms with van der Waals surface area (Å²) in [5, 5.41) is 9.44. The van der Waals surface area contributed by atoms with Crippen molar-refractivity contribution in [3.63, 3.8) is 0 Å². The summed E-state index contributed by atoms with van der Waals surface area (Å²) in [7, 11) is 0. The van der Waals surface area contributed by atoms with E-state index in [4.69, 9.17) is 0 Å². The van der Waals surface area contributed by atoms with Crippen LogP contribution in [-0.4, -0.2) is 57.3 Å². The number of rotatable bonds is 2. The van der Waals surface area contributed by atoms with Crippen LogP contribution in [0, 0.1) is 0 Å². The first kappa shape index (κ1) is 13.8. The molecule has 2 aromatic rings. The molecule has 0 aliphatic carbocycles. The van der Waals surface area contributed by atoms with Gasteiger partial charge in [0.25, 0.3) is 0 Å². The molecule has 2 aliphatic heterocycles. The molecule has 0 amide bonds. The third-order valence-electron chi connectivity index (χ3n) is 4.64. The molecule has 0 unspecified atom stereocenters. The molecule has 3 heterocycles. The van der Waals surface area contributed by atoms with E-state index in [0.29, 0.717) is 0 Å². The first-order chi connectivity index (χ1) is 10.9. The van der Waals surface area contributed by atoms with Gasteiger partial charge in [0.05, 0.1) is 0 Å². The second-order valence-electron chi connectivity index (χ2n) is 5.98. The largest absolute Gasteiger partial charge is 0.368 e. The van der Waals surface area contributed by atoms with Crippen molar-refractivity contribution in [2.24, 2.45) is 0 Å². The summed E-state index contributed by atoms with van der Waals surface area (Å²) in [5.41, 5.74) is 1.35. The molecule has 116 valence electrons. The molecule has 2 fully saturated rings. The minimum absolute atomic E-state index is 1.03. The highest BCUT2D eigenvalue weighted by Gasteiger charge is 2.18. The van der Waals surface area contributed by atoms with Crippen molar-refractivity contribution >= 4 is 22.3 Å². The third-order valence-corrected chi connectivity index (χ3v) is 4.64. The Morgan fingerprint density at radius 2 is 1.45 bits per heavy atom. The van der Waals surface area contributed by atoms with Crippen LogP contribution in [-0.2, 0) is 0 Å². The fourth-order valence-electron chi connectivity index (χ4n) is 3.49. The Bertz CT molecular complexity index is 587. The van der Waals surface area contributed by atoms with Crippen LogP contribution in [0.1, 0.15) is 0 Å². The third kappa shape index (κ3) is 2.51. The molecule has 0 bridgehead atoms. The molecule has 0 spiro atoms. The van der Waals surface area contributed by atoms with Gasteiger partial charge in [-0.2, -0.15) is 0 Å². The minimum Gasteiger partial charge on any atom is -0.368 e. The van der Waals surface area contributed by atoms with Gasteiger partial charge in [-0.3, -0.25) is 0 Å². The number of hydrogen-bond acceptors (Lipinski definition) is 5. The molecule has 22 heavy (non-hydrogen) atoms. The van der Waals surface area contributed by atoms with Crippen molar-refractivity contribution in [2.45, 2.75) is 0 Å². The van der Waals surface area contributed by atoms with E-state index in [1.54, 1.807) is 0 Å². The SMILES string of the molecule is c1cc(N2CCNCC2)c2ccnc(N3CCNCC3)c2c1. The minimum atomic E-state index is 1.03. The molecule has 0 atom stereocenters. The zero-order valence-corrected chi connectivity index (χ0v) is 12.9. The van der Waals surface area contributed by atoms with Crippen LogP contribution in [0.15, 0.2) is 30.5 Å². The number of aromatic nitrogens is 1. The number of nitrogens with zero attached hydrogens (tertiary/aromatic N) is 3. The highest BCUT2D eigenvalue weighted by molar-refractivity contribution is 6.00. The van der Waals surface area contributed by atoms with Crippen LogP contribution in [0.5, 0.6) is 0 Å². The van der Waals surface area contributed by atoms with Crippen LogP contribution in [0.2, 0.25) is 0 Å². The summed E-state index contributed by atoms with van der Waals surface area (Å²) in [6, 6.07) is 8.80. The second kappa shape index (κ2) is 6.10. The normalized spacial score (nSPS) is 19.6. The molecule has 1 aromatic carbocycles. The van der Waals surface area contributed by atoms with E-state index in [2.05, 4.69) is 49.7 Å². The first-order valence-electron chi connectivity index (χ1n) is 8.22. The number of pyridine rings is 1. The van der Waals surface area contributed by atoms with Crippen LogP contribution in [0.3, 0.4) is 0 Å². The molecular formula is C17H23N5. The summed E-state index contributed by atoms with van der Waals surface area (Å²) >= 11 is 0. The van der Waals surface area contributed by atoms with E-state index in [1.807, 2.05) is 6.20 Å². The summed E-state index contributed by atoms with van der Waals surface area (Å²) in [5.74, 6) is 1.14. The summed E-state index contributed by atoms with van der Waals surface area (Å²) in [6.07, 6.45) is 1.96. The lowest BCUT2D eigenvalue weighted by atomic mass is 10.1. The Kier molecular flexibility index (Phi) is 3.83. The van der Waals surface area contributed by atoms with Gasteiger partial charge in [0.1, 0.15) is 5.82 Å². The number of benzene rings is 1. The van der Waals surface area contributed by atoms with E-state index >= 15 is 0 Å². The lowest BCUT2D eigenvalue weighted by Crippen LogP contribution is -2.44. The molecule has 5 heteroatoms. The van der Waals surface area contributed by atoms with Crippen molar-refractivity contribution in [3.05, 3.63) is 30.5 Å². The highest BCUT2D eigenvalue weighted by atomic mass is 15.2. The molecule has 0 radical (unpaired) electrons. The number of hydrogen-bond donors (Lipinski definition) is 2. The molecule has 2 aliphatic rings. The van der Waals surface area contributed by atoms with Gasteiger partial charge in [-0.1, -0.05) is 12.1 Å². The standard InChI is InChI=1S/C17H23N5/c1-2-15-14(16(3-1)21-10-6-18-7-11-21)4-5-20-17(15)22-12-8-19-9-13-22/h1-5,18-19H,6-13H2. The Morgan fingerprint density at radius 1 is 0.773 bits per heavy atom. The van der Waals surface area contributed by atoms with Gasteiger partial charge in [-0.25, -0.2) is 4.98 Å². The molecule has 1 aromatic heterocycles. The summed E-state index contributed by atoms with van der Waals surface area (Å²) < 4.78 is 0. The van der Waals surface area contributed by atoms with Gasteiger partial charge in [-0.05, 0) is 12.1 Å². The summed E-state index contributed by atoms with van der Waals surface area (Å²) in [6.45, 7) is 8.41. The number of nitrogens with one attached hydrogen (secondary N) is 2. The van der Waals surface area contributed by atoms with E-state index < -0.39 is 0 Å². The number of fused-ring (bicyclic) bond motifs is 1. The lowest BCUT2D eigenvalue weighted by molar-refractivity contribution is 0.586. The maximum Gasteiger partial charge on any atom is 0.136 e. The zero-order chi connectivity index (χ0) is 14.8.